The van der Waals surface area contributed by atoms with Crippen molar-refractivity contribution in [2.75, 3.05) is 18.4 Å². The van der Waals surface area contributed by atoms with E-state index < -0.39 is 0 Å². The Kier molecular flexibility index (Phi) is 3.87. The van der Waals surface area contributed by atoms with Gasteiger partial charge in [-0.25, -0.2) is 4.79 Å². The number of nitrogens with one attached hydrogen (secondary N) is 1. The molecule has 1 saturated heterocycles. The molecular weight excluding hydrogens is 228 g/mol. The van der Waals surface area contributed by atoms with Crippen LogP contribution in [-0.4, -0.2) is 36.2 Å². The van der Waals surface area contributed by atoms with Crippen molar-refractivity contribution in [1.29, 1.82) is 0 Å². The highest BCUT2D eigenvalue weighted by molar-refractivity contribution is 5.89. The van der Waals surface area contributed by atoms with Crippen LogP contribution in [0.5, 0.6) is 0 Å². The predicted molar refractivity (Wildman–Crippen MR) is 71.8 cm³/mol. The lowest BCUT2D eigenvalue weighted by molar-refractivity contribution is -0.0530. The molecule has 1 N–H and O–H groups in total. The smallest absolute Gasteiger partial charge is 0.322 e. The number of benzene rings is 1. The molecule has 0 unspecified atom stereocenters. The largest absolute Gasteiger partial charge is 0.372 e. The summed E-state index contributed by atoms with van der Waals surface area (Å²) in [5.74, 6) is 0. The monoisotopic (exact) mass is 248 g/mol. The fraction of sp³-hybridized carbons (Fsp3) is 0.500. The number of anilines is 1. The summed E-state index contributed by atoms with van der Waals surface area (Å²) in [4.78, 5) is 13.9. The predicted octanol–water partition coefficient (Wildman–Crippen LogP) is 2.64. The van der Waals surface area contributed by atoms with Gasteiger partial charge in [-0.05, 0) is 38.5 Å². The number of hydrogen-bond acceptors (Lipinski definition) is 2. The van der Waals surface area contributed by atoms with Gasteiger partial charge >= 0.3 is 6.03 Å². The molecule has 4 nitrogen and oxygen atoms in total. The molecule has 2 rings (SSSR count). The molecule has 0 bridgehead atoms. The second-order valence-electron chi connectivity index (χ2n) is 4.96. The van der Waals surface area contributed by atoms with Gasteiger partial charge in [-0.3, -0.25) is 0 Å². The quantitative estimate of drug-likeness (QED) is 0.830. The molecule has 0 spiro atoms. The van der Waals surface area contributed by atoms with Crippen LogP contribution >= 0.6 is 0 Å². The normalized spacial score (nSPS) is 23.8. The van der Waals surface area contributed by atoms with E-state index in [1.165, 1.54) is 0 Å². The van der Waals surface area contributed by atoms with E-state index >= 15 is 0 Å². The Labute approximate surface area is 108 Å². The zero-order valence-electron chi connectivity index (χ0n) is 11.1. The van der Waals surface area contributed by atoms with Crippen LogP contribution in [0.3, 0.4) is 0 Å². The SMILES string of the molecule is Cc1cccc(NC(=O)N2C[C@H](C)O[C@@H](C)C2)c1. The van der Waals surface area contributed by atoms with Gasteiger partial charge in [0, 0.05) is 18.8 Å². The van der Waals surface area contributed by atoms with E-state index in [1.807, 2.05) is 45.0 Å². The highest BCUT2D eigenvalue weighted by Gasteiger charge is 2.25. The first-order chi connectivity index (χ1) is 8.54. The molecular formula is C14H20N2O2. The van der Waals surface area contributed by atoms with Gasteiger partial charge < -0.3 is 15.0 Å². The summed E-state index contributed by atoms with van der Waals surface area (Å²) in [5.41, 5.74) is 1.98. The maximum atomic E-state index is 12.1. The Bertz CT molecular complexity index is 424. The number of amides is 2. The molecule has 1 aromatic rings. The summed E-state index contributed by atoms with van der Waals surface area (Å²) >= 11 is 0. The molecule has 2 atom stereocenters. The third kappa shape index (κ3) is 3.23. The van der Waals surface area contributed by atoms with Crippen LogP contribution in [0, 0.1) is 6.92 Å². The minimum Gasteiger partial charge on any atom is -0.372 e. The molecule has 18 heavy (non-hydrogen) atoms. The minimum atomic E-state index is -0.0531. The Morgan fingerprint density at radius 3 is 2.61 bits per heavy atom. The molecule has 0 saturated carbocycles. The van der Waals surface area contributed by atoms with Gasteiger partial charge in [-0.15, -0.1) is 0 Å². The molecule has 0 aliphatic carbocycles. The topological polar surface area (TPSA) is 41.6 Å². The van der Waals surface area contributed by atoms with Crippen LogP contribution in [0.1, 0.15) is 19.4 Å². The summed E-state index contributed by atoms with van der Waals surface area (Å²) in [6, 6.07) is 7.76. The summed E-state index contributed by atoms with van der Waals surface area (Å²) < 4.78 is 5.61. The minimum absolute atomic E-state index is 0.0531. The Hall–Kier alpha value is -1.55. The van der Waals surface area contributed by atoms with Crippen molar-refractivity contribution in [2.45, 2.75) is 33.0 Å². The van der Waals surface area contributed by atoms with Crippen molar-refractivity contribution in [3.05, 3.63) is 29.8 Å². The number of ether oxygens (including phenoxy) is 1. The molecule has 4 heteroatoms. The lowest BCUT2D eigenvalue weighted by Crippen LogP contribution is -2.49. The number of carbonyl (C=O) groups excluding carboxylic acids is 1. The summed E-state index contributed by atoms with van der Waals surface area (Å²) in [7, 11) is 0. The maximum Gasteiger partial charge on any atom is 0.322 e. The van der Waals surface area contributed by atoms with Gasteiger partial charge in [0.2, 0.25) is 0 Å². The van der Waals surface area contributed by atoms with Crippen LogP contribution in [0.4, 0.5) is 10.5 Å². The number of hydrogen-bond donors (Lipinski definition) is 1. The Balaban J connectivity index is 1.99. The third-order valence-electron chi connectivity index (χ3n) is 2.98. The second-order valence-corrected chi connectivity index (χ2v) is 4.96. The summed E-state index contributed by atoms with van der Waals surface area (Å²) in [6.45, 7) is 7.27. The third-order valence-corrected chi connectivity index (χ3v) is 2.98. The maximum absolute atomic E-state index is 12.1. The zero-order valence-corrected chi connectivity index (χ0v) is 11.1. The molecule has 0 radical (unpaired) electrons. The first kappa shape index (κ1) is 12.9. The summed E-state index contributed by atoms with van der Waals surface area (Å²) in [6.07, 6.45) is 0.189. The van der Waals surface area contributed by atoms with Crippen molar-refractivity contribution in [1.82, 2.24) is 4.90 Å². The number of rotatable bonds is 1. The standard InChI is InChI=1S/C14H20N2O2/c1-10-5-4-6-13(7-10)15-14(17)16-8-11(2)18-12(3)9-16/h4-7,11-12H,8-9H2,1-3H3,(H,15,17)/t11-,12-/m0/s1. The highest BCUT2D eigenvalue weighted by Crippen LogP contribution is 2.14. The average Bonchev–Trinajstić information content (AvgIpc) is 2.27. The fourth-order valence-corrected chi connectivity index (χ4v) is 2.27. The van der Waals surface area contributed by atoms with Crippen LogP contribution in [0.15, 0.2) is 24.3 Å². The van der Waals surface area contributed by atoms with E-state index in [9.17, 15) is 4.79 Å². The molecule has 1 heterocycles. The van der Waals surface area contributed by atoms with E-state index in [2.05, 4.69) is 5.32 Å². The number of aryl methyl sites for hydroxylation is 1. The molecule has 98 valence electrons. The van der Waals surface area contributed by atoms with E-state index in [4.69, 9.17) is 4.74 Å². The van der Waals surface area contributed by atoms with Crippen LogP contribution in [0.2, 0.25) is 0 Å². The van der Waals surface area contributed by atoms with Gasteiger partial charge in [-0.1, -0.05) is 12.1 Å². The number of carbonyl (C=O) groups is 1. The average molecular weight is 248 g/mol. The van der Waals surface area contributed by atoms with Gasteiger partial charge in [0.25, 0.3) is 0 Å². The summed E-state index contributed by atoms with van der Waals surface area (Å²) in [5, 5.41) is 2.92. The molecule has 1 aliphatic heterocycles. The number of morpholine rings is 1. The van der Waals surface area contributed by atoms with Crippen molar-refractivity contribution >= 4 is 11.7 Å². The highest BCUT2D eigenvalue weighted by atomic mass is 16.5. The van der Waals surface area contributed by atoms with E-state index in [-0.39, 0.29) is 18.2 Å². The van der Waals surface area contributed by atoms with E-state index in [1.54, 1.807) is 4.90 Å². The van der Waals surface area contributed by atoms with Crippen molar-refractivity contribution in [3.8, 4) is 0 Å². The first-order valence-electron chi connectivity index (χ1n) is 6.32. The zero-order chi connectivity index (χ0) is 13.1. The second kappa shape index (κ2) is 5.40. The van der Waals surface area contributed by atoms with Gasteiger partial charge in [0.15, 0.2) is 0 Å². The van der Waals surface area contributed by atoms with Crippen LogP contribution in [-0.2, 0) is 4.74 Å². The van der Waals surface area contributed by atoms with E-state index in [0.29, 0.717) is 13.1 Å². The molecule has 1 aliphatic rings. The van der Waals surface area contributed by atoms with Crippen molar-refractivity contribution < 1.29 is 9.53 Å². The lowest BCUT2D eigenvalue weighted by Gasteiger charge is -2.35. The Morgan fingerprint density at radius 2 is 2.00 bits per heavy atom. The van der Waals surface area contributed by atoms with Gasteiger partial charge in [0.05, 0.1) is 12.2 Å². The number of urea groups is 1. The molecule has 2 amide bonds. The van der Waals surface area contributed by atoms with Crippen LogP contribution < -0.4 is 5.32 Å². The molecule has 0 aromatic heterocycles. The van der Waals surface area contributed by atoms with Crippen molar-refractivity contribution in [3.63, 3.8) is 0 Å². The van der Waals surface area contributed by atoms with Crippen LogP contribution in [0.25, 0.3) is 0 Å². The molecule has 1 fully saturated rings. The van der Waals surface area contributed by atoms with Crippen molar-refractivity contribution in [2.24, 2.45) is 0 Å². The number of nitrogens with zero attached hydrogens (tertiary/aromatic N) is 1. The molecule has 1 aromatic carbocycles. The van der Waals surface area contributed by atoms with Gasteiger partial charge in [0.1, 0.15) is 0 Å². The Morgan fingerprint density at radius 1 is 1.33 bits per heavy atom. The first-order valence-corrected chi connectivity index (χ1v) is 6.32. The van der Waals surface area contributed by atoms with Gasteiger partial charge in [-0.2, -0.15) is 0 Å². The lowest BCUT2D eigenvalue weighted by atomic mass is 10.2. The fourth-order valence-electron chi connectivity index (χ4n) is 2.27. The van der Waals surface area contributed by atoms with E-state index in [0.717, 1.165) is 11.3 Å².